The highest BCUT2D eigenvalue weighted by molar-refractivity contribution is 9.10. The summed E-state index contributed by atoms with van der Waals surface area (Å²) in [6.07, 6.45) is 3.04. The lowest BCUT2D eigenvalue weighted by Gasteiger charge is -2.30. The molecule has 0 aromatic heterocycles. The highest BCUT2D eigenvalue weighted by Crippen LogP contribution is 2.42. The minimum Gasteiger partial charge on any atom is -0.487 e. The van der Waals surface area contributed by atoms with Crippen LogP contribution in [0.2, 0.25) is 0 Å². The lowest BCUT2D eigenvalue weighted by atomic mass is 10.0. The van der Waals surface area contributed by atoms with Gasteiger partial charge in [0.05, 0.1) is 11.7 Å². The molecule has 3 aromatic carbocycles. The summed E-state index contributed by atoms with van der Waals surface area (Å²) in [7, 11) is 0. The molecule has 0 saturated heterocycles. The zero-order valence-corrected chi connectivity index (χ0v) is 16.7. The van der Waals surface area contributed by atoms with Crippen molar-refractivity contribution in [2.45, 2.75) is 19.1 Å². The molecule has 2 nitrogen and oxygen atoms in total. The fraction of sp³-hybridized carbons (Fsp3) is 0.167. The van der Waals surface area contributed by atoms with Crippen LogP contribution >= 0.6 is 15.9 Å². The maximum atomic E-state index is 6.23. The van der Waals surface area contributed by atoms with E-state index in [9.17, 15) is 0 Å². The van der Waals surface area contributed by atoms with Gasteiger partial charge in [-0.3, -0.25) is 0 Å². The summed E-state index contributed by atoms with van der Waals surface area (Å²) in [5.41, 5.74) is 4.93. The number of anilines is 1. The Morgan fingerprint density at radius 1 is 1.04 bits per heavy atom. The van der Waals surface area contributed by atoms with Gasteiger partial charge in [-0.15, -0.1) is 6.58 Å². The molecule has 0 fully saturated rings. The van der Waals surface area contributed by atoms with Gasteiger partial charge in [-0.1, -0.05) is 76.6 Å². The van der Waals surface area contributed by atoms with E-state index in [1.165, 1.54) is 22.4 Å². The summed E-state index contributed by atoms with van der Waals surface area (Å²) in [6, 6.07) is 25.2. The van der Waals surface area contributed by atoms with Gasteiger partial charge in [-0.25, -0.2) is 0 Å². The summed E-state index contributed by atoms with van der Waals surface area (Å²) in [4.78, 5) is 2.41. The molecule has 1 aliphatic heterocycles. The van der Waals surface area contributed by atoms with Gasteiger partial charge in [-0.2, -0.15) is 0 Å². The number of rotatable bonds is 6. The molecule has 1 aliphatic rings. The zero-order valence-electron chi connectivity index (χ0n) is 15.1. The summed E-state index contributed by atoms with van der Waals surface area (Å²) < 4.78 is 7.32. The van der Waals surface area contributed by atoms with Crippen LogP contribution in [0.1, 0.15) is 22.7 Å². The second-order valence-electron chi connectivity index (χ2n) is 6.72. The van der Waals surface area contributed by atoms with Gasteiger partial charge < -0.3 is 9.64 Å². The Labute approximate surface area is 169 Å². The van der Waals surface area contributed by atoms with Crippen molar-refractivity contribution >= 4 is 21.6 Å². The van der Waals surface area contributed by atoms with Crippen LogP contribution < -0.4 is 9.64 Å². The second kappa shape index (κ2) is 8.01. The average Bonchev–Trinajstić information content (AvgIpc) is 3.12. The van der Waals surface area contributed by atoms with Crippen LogP contribution in [0.3, 0.4) is 0 Å². The number of halogens is 1. The van der Waals surface area contributed by atoms with E-state index in [4.69, 9.17) is 4.74 Å². The Morgan fingerprint density at radius 2 is 1.85 bits per heavy atom. The standard InChI is InChI=1S/C24H22BrNO/c1-2-22(20-11-6-12-21(25)16-20)26-15-14-19-10-7-13-23(24(19)26)27-17-18-8-4-3-5-9-18/h2-13,16,22H,1,14-15,17H2. The average molecular weight is 420 g/mol. The van der Waals surface area contributed by atoms with Crippen molar-refractivity contribution in [3.05, 3.63) is 107 Å². The number of hydrogen-bond acceptors (Lipinski definition) is 2. The molecule has 1 atom stereocenters. The maximum absolute atomic E-state index is 6.23. The van der Waals surface area contributed by atoms with Gasteiger partial charge in [0.15, 0.2) is 0 Å². The highest BCUT2D eigenvalue weighted by atomic mass is 79.9. The van der Waals surface area contributed by atoms with Crippen molar-refractivity contribution in [2.24, 2.45) is 0 Å². The fourth-order valence-electron chi connectivity index (χ4n) is 3.71. The number of nitrogens with zero attached hydrogens (tertiary/aromatic N) is 1. The molecule has 0 N–H and O–H groups in total. The van der Waals surface area contributed by atoms with Gasteiger partial charge >= 0.3 is 0 Å². The molecule has 0 spiro atoms. The molecule has 27 heavy (non-hydrogen) atoms. The minimum atomic E-state index is 0.116. The third-order valence-electron chi connectivity index (χ3n) is 4.98. The number of fused-ring (bicyclic) bond motifs is 1. The lowest BCUT2D eigenvalue weighted by molar-refractivity contribution is 0.306. The Morgan fingerprint density at radius 3 is 2.63 bits per heavy atom. The number of para-hydroxylation sites is 1. The van der Waals surface area contributed by atoms with Crippen molar-refractivity contribution in [2.75, 3.05) is 11.4 Å². The van der Waals surface area contributed by atoms with Crippen LogP contribution in [-0.4, -0.2) is 6.54 Å². The molecular weight excluding hydrogens is 398 g/mol. The monoisotopic (exact) mass is 419 g/mol. The van der Waals surface area contributed by atoms with Crippen LogP contribution in [-0.2, 0) is 13.0 Å². The lowest BCUT2D eigenvalue weighted by Crippen LogP contribution is -2.25. The van der Waals surface area contributed by atoms with E-state index >= 15 is 0 Å². The molecule has 0 saturated carbocycles. The van der Waals surface area contributed by atoms with Crippen LogP contribution in [0.15, 0.2) is 89.9 Å². The molecule has 3 aromatic rings. The van der Waals surface area contributed by atoms with E-state index in [0.29, 0.717) is 6.61 Å². The summed E-state index contributed by atoms with van der Waals surface area (Å²) in [5, 5.41) is 0. The predicted octanol–water partition coefficient (Wildman–Crippen LogP) is 6.32. The van der Waals surface area contributed by atoms with Gasteiger partial charge in [-0.05, 0) is 41.3 Å². The number of ether oxygens (including phenoxy) is 1. The van der Waals surface area contributed by atoms with Crippen molar-refractivity contribution in [1.82, 2.24) is 0 Å². The Hall–Kier alpha value is -2.52. The van der Waals surface area contributed by atoms with Gasteiger partial charge in [0.1, 0.15) is 12.4 Å². The Balaban J connectivity index is 1.64. The van der Waals surface area contributed by atoms with E-state index in [1.54, 1.807) is 0 Å². The highest BCUT2D eigenvalue weighted by Gasteiger charge is 2.28. The van der Waals surface area contributed by atoms with Crippen LogP contribution in [0.25, 0.3) is 0 Å². The number of hydrogen-bond donors (Lipinski definition) is 0. The molecule has 1 unspecified atom stereocenters. The topological polar surface area (TPSA) is 12.5 Å². The quantitative estimate of drug-likeness (QED) is 0.433. The van der Waals surface area contributed by atoms with Crippen LogP contribution in [0, 0.1) is 0 Å². The van der Waals surface area contributed by atoms with E-state index < -0.39 is 0 Å². The number of benzene rings is 3. The third kappa shape index (κ3) is 3.79. The predicted molar refractivity (Wildman–Crippen MR) is 115 cm³/mol. The van der Waals surface area contributed by atoms with Gasteiger partial charge in [0.25, 0.3) is 0 Å². The molecule has 0 amide bonds. The first-order valence-corrected chi connectivity index (χ1v) is 9.99. The molecular formula is C24H22BrNO. The van der Waals surface area contributed by atoms with Crippen LogP contribution in [0.5, 0.6) is 5.75 Å². The van der Waals surface area contributed by atoms with Crippen molar-refractivity contribution in [3.8, 4) is 5.75 Å². The molecule has 0 radical (unpaired) electrons. The molecule has 0 aliphatic carbocycles. The maximum Gasteiger partial charge on any atom is 0.143 e. The van der Waals surface area contributed by atoms with Gasteiger partial charge in [0, 0.05) is 11.0 Å². The van der Waals surface area contributed by atoms with Crippen molar-refractivity contribution < 1.29 is 4.74 Å². The molecule has 1 heterocycles. The van der Waals surface area contributed by atoms with E-state index in [2.05, 4.69) is 82.0 Å². The van der Waals surface area contributed by atoms with E-state index in [1.807, 2.05) is 24.3 Å². The minimum absolute atomic E-state index is 0.116. The van der Waals surface area contributed by atoms with Crippen LogP contribution in [0.4, 0.5) is 5.69 Å². The van der Waals surface area contributed by atoms with E-state index in [-0.39, 0.29) is 6.04 Å². The fourth-order valence-corrected chi connectivity index (χ4v) is 4.13. The molecule has 4 rings (SSSR count). The molecule has 3 heteroatoms. The first-order chi connectivity index (χ1) is 13.3. The molecule has 136 valence electrons. The molecule has 0 bridgehead atoms. The first kappa shape index (κ1) is 17.9. The smallest absolute Gasteiger partial charge is 0.143 e. The Kier molecular flexibility index (Phi) is 5.30. The largest absolute Gasteiger partial charge is 0.487 e. The third-order valence-corrected chi connectivity index (χ3v) is 5.47. The first-order valence-electron chi connectivity index (χ1n) is 9.19. The van der Waals surface area contributed by atoms with Gasteiger partial charge in [0.2, 0.25) is 0 Å². The normalized spacial score (nSPS) is 13.9. The summed E-state index contributed by atoms with van der Waals surface area (Å²) >= 11 is 3.59. The summed E-state index contributed by atoms with van der Waals surface area (Å²) in [6.45, 7) is 5.64. The second-order valence-corrected chi connectivity index (χ2v) is 7.63. The SMILES string of the molecule is C=CC(c1cccc(Br)c1)N1CCc2cccc(OCc3ccccc3)c21. The zero-order chi connectivity index (χ0) is 18.6. The summed E-state index contributed by atoms with van der Waals surface area (Å²) in [5.74, 6) is 0.940. The van der Waals surface area contributed by atoms with Crippen molar-refractivity contribution in [1.29, 1.82) is 0 Å². The Bertz CT molecular complexity index is 938. The van der Waals surface area contributed by atoms with E-state index in [0.717, 1.165) is 23.2 Å². The van der Waals surface area contributed by atoms with Crippen molar-refractivity contribution in [3.63, 3.8) is 0 Å².